The quantitative estimate of drug-likeness (QED) is 0.677. The Labute approximate surface area is 141 Å². The number of fused-ring (bicyclic) bond motifs is 1. The highest BCUT2D eigenvalue weighted by molar-refractivity contribution is 7.80. The van der Waals surface area contributed by atoms with Gasteiger partial charge in [-0.3, -0.25) is 0 Å². The van der Waals surface area contributed by atoms with Crippen LogP contribution in [-0.4, -0.2) is 10.1 Å². The molecular formula is C15H11ClFN3S2. The van der Waals surface area contributed by atoms with Gasteiger partial charge in [-0.05, 0) is 42.0 Å². The highest BCUT2D eigenvalue weighted by Gasteiger charge is 2.07. The fraction of sp³-hybridized carbons (Fsp3) is 0.0667. The van der Waals surface area contributed by atoms with Gasteiger partial charge < -0.3 is 10.6 Å². The van der Waals surface area contributed by atoms with Crippen LogP contribution in [0.25, 0.3) is 10.2 Å². The van der Waals surface area contributed by atoms with Crippen LogP contribution in [0, 0.1) is 5.82 Å². The number of nitrogens with zero attached hydrogens (tertiary/aromatic N) is 1. The number of rotatable bonds is 3. The Balaban J connectivity index is 1.63. The largest absolute Gasteiger partial charge is 0.358 e. The second-order valence-corrected chi connectivity index (χ2v) is 6.39. The van der Waals surface area contributed by atoms with Gasteiger partial charge in [-0.15, -0.1) is 0 Å². The molecule has 2 aromatic carbocycles. The third kappa shape index (κ3) is 3.52. The van der Waals surface area contributed by atoms with E-state index < -0.39 is 0 Å². The summed E-state index contributed by atoms with van der Waals surface area (Å²) in [5.74, 6) is -0.254. The summed E-state index contributed by atoms with van der Waals surface area (Å²) >= 11 is 12.8. The number of hydrogen-bond donors (Lipinski definition) is 2. The van der Waals surface area contributed by atoms with E-state index in [1.807, 2.05) is 12.1 Å². The second-order valence-electron chi connectivity index (χ2n) is 4.54. The molecule has 3 rings (SSSR count). The van der Waals surface area contributed by atoms with Gasteiger partial charge >= 0.3 is 0 Å². The minimum absolute atomic E-state index is 0.254. The van der Waals surface area contributed by atoms with Crippen LogP contribution in [0.1, 0.15) is 5.56 Å². The molecule has 3 nitrogen and oxygen atoms in total. The Bertz CT molecular complexity index is 817. The van der Waals surface area contributed by atoms with Crippen molar-refractivity contribution in [3.63, 3.8) is 0 Å². The van der Waals surface area contributed by atoms with Crippen LogP contribution < -0.4 is 10.6 Å². The molecule has 0 saturated carbocycles. The molecule has 0 bridgehead atoms. The maximum Gasteiger partial charge on any atom is 0.190 e. The molecule has 0 aliphatic heterocycles. The Morgan fingerprint density at radius 2 is 2.00 bits per heavy atom. The molecular weight excluding hydrogens is 341 g/mol. The van der Waals surface area contributed by atoms with Crippen molar-refractivity contribution in [1.29, 1.82) is 0 Å². The van der Waals surface area contributed by atoms with Gasteiger partial charge in [-0.2, -0.15) is 0 Å². The van der Waals surface area contributed by atoms with Crippen molar-refractivity contribution in [3.8, 4) is 0 Å². The van der Waals surface area contributed by atoms with Gasteiger partial charge in [0.25, 0.3) is 0 Å². The summed E-state index contributed by atoms with van der Waals surface area (Å²) in [6, 6.07) is 11.9. The van der Waals surface area contributed by atoms with E-state index in [1.54, 1.807) is 18.2 Å². The van der Waals surface area contributed by atoms with Crippen molar-refractivity contribution in [3.05, 3.63) is 58.9 Å². The van der Waals surface area contributed by atoms with Crippen molar-refractivity contribution in [1.82, 2.24) is 10.3 Å². The summed E-state index contributed by atoms with van der Waals surface area (Å²) in [5, 5.41) is 7.85. The zero-order valence-electron chi connectivity index (χ0n) is 11.3. The van der Waals surface area contributed by atoms with Crippen molar-refractivity contribution in [2.24, 2.45) is 0 Å². The standard InChI is InChI=1S/C15H11ClFN3S2/c16-11-2-1-3-12-13(11)19-15(22-12)20-14(21)18-8-9-4-6-10(17)7-5-9/h1-7H,8H2,(H2,18,19,20,21). The van der Waals surface area contributed by atoms with E-state index in [2.05, 4.69) is 15.6 Å². The first kappa shape index (κ1) is 15.1. The molecule has 112 valence electrons. The number of hydrogen-bond acceptors (Lipinski definition) is 3. The molecule has 2 N–H and O–H groups in total. The van der Waals surface area contributed by atoms with Crippen molar-refractivity contribution in [2.45, 2.75) is 6.54 Å². The Morgan fingerprint density at radius 3 is 2.73 bits per heavy atom. The van der Waals surface area contributed by atoms with Crippen LogP contribution in [0.4, 0.5) is 9.52 Å². The normalized spacial score (nSPS) is 10.6. The first-order chi connectivity index (χ1) is 10.6. The SMILES string of the molecule is Fc1ccc(CNC(=S)Nc2nc3c(Cl)cccc3s2)cc1. The molecule has 0 aliphatic rings. The molecule has 0 radical (unpaired) electrons. The molecule has 1 heterocycles. The number of thiocarbonyl (C=S) groups is 1. The van der Waals surface area contributed by atoms with E-state index in [0.29, 0.717) is 21.8 Å². The molecule has 22 heavy (non-hydrogen) atoms. The third-order valence-electron chi connectivity index (χ3n) is 2.96. The van der Waals surface area contributed by atoms with E-state index in [-0.39, 0.29) is 5.82 Å². The van der Waals surface area contributed by atoms with Gasteiger partial charge in [0.15, 0.2) is 10.2 Å². The predicted molar refractivity (Wildman–Crippen MR) is 94.1 cm³/mol. The average Bonchev–Trinajstić information content (AvgIpc) is 2.90. The summed E-state index contributed by atoms with van der Waals surface area (Å²) in [5.41, 5.74) is 1.70. The number of thiazole rings is 1. The van der Waals surface area contributed by atoms with Crippen LogP contribution in [0.3, 0.4) is 0 Å². The Kier molecular flexibility index (Phi) is 4.52. The van der Waals surface area contributed by atoms with Gasteiger partial charge in [0.1, 0.15) is 11.3 Å². The Hall–Kier alpha value is -1.76. The van der Waals surface area contributed by atoms with E-state index in [0.717, 1.165) is 15.8 Å². The van der Waals surface area contributed by atoms with E-state index in [9.17, 15) is 4.39 Å². The molecule has 0 atom stereocenters. The summed E-state index contributed by atoms with van der Waals surface area (Å²) in [4.78, 5) is 4.42. The number of anilines is 1. The lowest BCUT2D eigenvalue weighted by Gasteiger charge is -2.08. The minimum atomic E-state index is -0.254. The first-order valence-corrected chi connectivity index (χ1v) is 8.06. The molecule has 1 aromatic heterocycles. The number of nitrogens with one attached hydrogen (secondary N) is 2. The van der Waals surface area contributed by atoms with Gasteiger partial charge in [-0.1, -0.05) is 41.1 Å². The molecule has 0 aliphatic carbocycles. The number of benzene rings is 2. The van der Waals surface area contributed by atoms with Crippen molar-refractivity contribution >= 4 is 55.6 Å². The van der Waals surface area contributed by atoms with E-state index in [1.165, 1.54) is 23.5 Å². The smallest absolute Gasteiger partial charge is 0.190 e. The fourth-order valence-electron chi connectivity index (χ4n) is 1.89. The minimum Gasteiger partial charge on any atom is -0.358 e. The average molecular weight is 352 g/mol. The number of halogens is 2. The van der Waals surface area contributed by atoms with Gasteiger partial charge in [0.2, 0.25) is 0 Å². The molecule has 0 spiro atoms. The highest BCUT2D eigenvalue weighted by Crippen LogP contribution is 2.30. The Morgan fingerprint density at radius 1 is 1.23 bits per heavy atom. The molecule has 3 aromatic rings. The second kappa shape index (κ2) is 6.56. The van der Waals surface area contributed by atoms with Crippen LogP contribution in [-0.2, 0) is 6.54 Å². The van der Waals surface area contributed by atoms with Crippen LogP contribution in [0.5, 0.6) is 0 Å². The van der Waals surface area contributed by atoms with Crippen LogP contribution in [0.2, 0.25) is 5.02 Å². The maximum atomic E-state index is 12.8. The van der Waals surface area contributed by atoms with E-state index >= 15 is 0 Å². The molecule has 0 unspecified atom stereocenters. The lowest BCUT2D eigenvalue weighted by atomic mass is 10.2. The monoisotopic (exact) mass is 351 g/mol. The predicted octanol–water partition coefficient (Wildman–Crippen LogP) is 4.58. The summed E-state index contributed by atoms with van der Waals surface area (Å²) in [6.07, 6.45) is 0. The lowest BCUT2D eigenvalue weighted by Crippen LogP contribution is -2.27. The zero-order valence-corrected chi connectivity index (χ0v) is 13.7. The highest BCUT2D eigenvalue weighted by atomic mass is 35.5. The van der Waals surface area contributed by atoms with Crippen LogP contribution >= 0.6 is 35.2 Å². The summed E-state index contributed by atoms with van der Waals surface area (Å²) in [7, 11) is 0. The molecule has 7 heteroatoms. The van der Waals surface area contributed by atoms with Crippen molar-refractivity contribution in [2.75, 3.05) is 5.32 Å². The third-order valence-corrected chi connectivity index (χ3v) is 4.44. The van der Waals surface area contributed by atoms with Crippen molar-refractivity contribution < 1.29 is 4.39 Å². The van der Waals surface area contributed by atoms with Gasteiger partial charge in [0.05, 0.1) is 9.72 Å². The lowest BCUT2D eigenvalue weighted by molar-refractivity contribution is 0.627. The zero-order chi connectivity index (χ0) is 15.5. The summed E-state index contributed by atoms with van der Waals surface area (Å²) in [6.45, 7) is 0.512. The van der Waals surface area contributed by atoms with Gasteiger partial charge in [0, 0.05) is 6.54 Å². The number of aromatic nitrogens is 1. The molecule has 0 fully saturated rings. The number of para-hydroxylation sites is 1. The maximum absolute atomic E-state index is 12.8. The fourth-order valence-corrected chi connectivity index (χ4v) is 3.30. The molecule has 0 amide bonds. The summed E-state index contributed by atoms with van der Waals surface area (Å²) < 4.78 is 13.8. The first-order valence-electron chi connectivity index (χ1n) is 6.46. The topological polar surface area (TPSA) is 37.0 Å². The molecule has 0 saturated heterocycles. The van der Waals surface area contributed by atoms with Gasteiger partial charge in [-0.25, -0.2) is 9.37 Å². The van der Waals surface area contributed by atoms with E-state index in [4.69, 9.17) is 23.8 Å². The van der Waals surface area contributed by atoms with Crippen LogP contribution in [0.15, 0.2) is 42.5 Å².